The normalized spacial score (nSPS) is 9.53. The number of carboxylic acid groups (broad SMARTS) is 3. The van der Waals surface area contributed by atoms with Crippen molar-refractivity contribution in [1.82, 2.24) is 0 Å². The van der Waals surface area contributed by atoms with E-state index in [1.54, 1.807) is 0 Å². The Hall–Kier alpha value is -2.38. The molecule has 0 aromatic rings. The summed E-state index contributed by atoms with van der Waals surface area (Å²) in [5.41, 5.74) is 0. The molecule has 15 heavy (non-hydrogen) atoms. The smallest absolute Gasteiger partial charge is 0.371 e. The minimum Gasteiger partial charge on any atom is -0.502 e. The SMILES string of the molecule is CC(=O)C(=O)O.O=C(O)/C=C(\O)C(=O)O. The Labute approximate surface area is 83.1 Å². The molecule has 0 aliphatic heterocycles. The molecule has 84 valence electrons. The van der Waals surface area contributed by atoms with E-state index < -0.39 is 29.5 Å². The van der Waals surface area contributed by atoms with Gasteiger partial charge in [0.1, 0.15) is 0 Å². The maximum atomic E-state index is 9.65. The minimum atomic E-state index is -1.66. The van der Waals surface area contributed by atoms with Crippen LogP contribution in [0.3, 0.4) is 0 Å². The topological polar surface area (TPSA) is 149 Å². The summed E-state index contributed by atoms with van der Waals surface area (Å²) in [6.07, 6.45) is 0.197. The van der Waals surface area contributed by atoms with Gasteiger partial charge in [-0.25, -0.2) is 14.4 Å². The van der Waals surface area contributed by atoms with Gasteiger partial charge in [-0.15, -0.1) is 0 Å². The zero-order valence-electron chi connectivity index (χ0n) is 7.50. The van der Waals surface area contributed by atoms with E-state index in [1.165, 1.54) is 0 Å². The van der Waals surface area contributed by atoms with Gasteiger partial charge in [-0.05, 0) is 0 Å². The van der Waals surface area contributed by atoms with Crippen LogP contribution in [0.2, 0.25) is 0 Å². The molecular formula is C7H8O8. The van der Waals surface area contributed by atoms with Crippen LogP contribution >= 0.6 is 0 Å². The first-order chi connectivity index (χ1) is 6.68. The highest BCUT2D eigenvalue weighted by Crippen LogP contribution is 1.85. The van der Waals surface area contributed by atoms with Crippen LogP contribution in [0.5, 0.6) is 0 Å². The Morgan fingerprint density at radius 1 is 0.867 bits per heavy atom. The van der Waals surface area contributed by atoms with Crippen molar-refractivity contribution in [3.8, 4) is 0 Å². The molecule has 4 N–H and O–H groups in total. The van der Waals surface area contributed by atoms with Gasteiger partial charge in [-0.1, -0.05) is 0 Å². The van der Waals surface area contributed by atoms with Crippen molar-refractivity contribution in [3.05, 3.63) is 11.8 Å². The van der Waals surface area contributed by atoms with E-state index in [2.05, 4.69) is 0 Å². The molecule has 0 amide bonds. The van der Waals surface area contributed by atoms with Gasteiger partial charge in [0.25, 0.3) is 0 Å². The number of aliphatic carboxylic acids is 3. The molecule has 8 nitrogen and oxygen atoms in total. The van der Waals surface area contributed by atoms with Crippen molar-refractivity contribution in [2.24, 2.45) is 0 Å². The minimum absolute atomic E-state index is 0.197. The Balaban J connectivity index is 0. The molecule has 0 atom stereocenters. The molecule has 0 spiro atoms. The van der Waals surface area contributed by atoms with Gasteiger partial charge >= 0.3 is 17.9 Å². The van der Waals surface area contributed by atoms with Crippen molar-refractivity contribution in [1.29, 1.82) is 0 Å². The molecule has 0 saturated heterocycles. The second-order valence-electron chi connectivity index (χ2n) is 2.03. The van der Waals surface area contributed by atoms with Crippen LogP contribution in [0, 0.1) is 0 Å². The number of carbonyl (C=O) groups excluding carboxylic acids is 1. The van der Waals surface area contributed by atoms with Crippen LogP contribution in [-0.4, -0.2) is 44.1 Å². The fourth-order valence-electron chi connectivity index (χ4n) is 0.179. The lowest BCUT2D eigenvalue weighted by Gasteiger charge is -1.85. The zero-order chi connectivity index (χ0) is 12.6. The molecule has 0 fully saturated rings. The van der Waals surface area contributed by atoms with Gasteiger partial charge in [0.2, 0.25) is 11.5 Å². The van der Waals surface area contributed by atoms with E-state index in [0.717, 1.165) is 6.92 Å². The fourth-order valence-corrected chi connectivity index (χ4v) is 0.179. The van der Waals surface area contributed by atoms with Gasteiger partial charge in [-0.2, -0.15) is 0 Å². The highest BCUT2D eigenvalue weighted by Gasteiger charge is 2.04. The fraction of sp³-hybridized carbons (Fsp3) is 0.143. The second-order valence-corrected chi connectivity index (χ2v) is 2.03. The predicted octanol–water partition coefficient (Wildman–Crippen LogP) is -0.742. The number of Topliss-reactive ketones (excluding diaryl/α,β-unsaturated/α-hetero) is 1. The third-order valence-electron chi connectivity index (χ3n) is 0.780. The van der Waals surface area contributed by atoms with Crippen LogP contribution in [-0.2, 0) is 19.2 Å². The van der Waals surface area contributed by atoms with Crippen LogP contribution < -0.4 is 0 Å². The predicted molar refractivity (Wildman–Crippen MR) is 44.3 cm³/mol. The third-order valence-corrected chi connectivity index (χ3v) is 0.780. The average molecular weight is 220 g/mol. The number of aliphatic hydroxyl groups is 1. The second kappa shape index (κ2) is 7.06. The number of hydrogen-bond acceptors (Lipinski definition) is 5. The number of carbonyl (C=O) groups is 4. The largest absolute Gasteiger partial charge is 0.502 e. The quantitative estimate of drug-likeness (QED) is 0.276. The zero-order valence-corrected chi connectivity index (χ0v) is 7.50. The van der Waals surface area contributed by atoms with Crippen molar-refractivity contribution in [3.63, 3.8) is 0 Å². The monoisotopic (exact) mass is 220 g/mol. The van der Waals surface area contributed by atoms with Crippen LogP contribution in [0.1, 0.15) is 6.92 Å². The number of hydrogen-bond donors (Lipinski definition) is 4. The molecule has 0 aromatic carbocycles. The first kappa shape index (κ1) is 15.1. The summed E-state index contributed by atoms with van der Waals surface area (Å²) in [5, 5.41) is 31.5. The Morgan fingerprint density at radius 3 is 1.27 bits per heavy atom. The first-order valence-corrected chi connectivity index (χ1v) is 3.29. The molecule has 0 saturated carbocycles. The van der Waals surface area contributed by atoms with Gasteiger partial charge < -0.3 is 20.4 Å². The Kier molecular flexibility index (Phi) is 7.12. The first-order valence-electron chi connectivity index (χ1n) is 3.29. The molecular weight excluding hydrogens is 212 g/mol. The van der Waals surface area contributed by atoms with Gasteiger partial charge in [0, 0.05) is 6.92 Å². The molecule has 8 heteroatoms. The third kappa shape index (κ3) is 11.6. The highest BCUT2D eigenvalue weighted by molar-refractivity contribution is 6.31. The lowest BCUT2D eigenvalue weighted by molar-refractivity contribution is -0.148. The van der Waals surface area contributed by atoms with Crippen molar-refractivity contribution in [2.75, 3.05) is 0 Å². The van der Waals surface area contributed by atoms with E-state index in [9.17, 15) is 19.2 Å². The van der Waals surface area contributed by atoms with Crippen molar-refractivity contribution in [2.45, 2.75) is 6.92 Å². The molecule has 0 radical (unpaired) electrons. The molecule has 0 heterocycles. The summed E-state index contributed by atoms with van der Waals surface area (Å²) in [6, 6.07) is 0. The summed E-state index contributed by atoms with van der Waals surface area (Å²) in [4.78, 5) is 38.2. The van der Waals surface area contributed by atoms with E-state index in [1.807, 2.05) is 0 Å². The molecule has 0 unspecified atom stereocenters. The standard InChI is InChI=1S/C4H4O5.C3H4O3/c5-2(4(8)9)1-3(6)7;1-2(4)3(5)6/h1,5H,(H,6,7)(H,8,9);1H3,(H,5,6)/b2-1-;. The van der Waals surface area contributed by atoms with Gasteiger partial charge in [-0.3, -0.25) is 4.79 Å². The summed E-state index contributed by atoms with van der Waals surface area (Å²) < 4.78 is 0. The molecule has 0 rings (SSSR count). The Bertz CT molecular complexity index is 301. The summed E-state index contributed by atoms with van der Waals surface area (Å²) in [5.74, 6) is -6.53. The van der Waals surface area contributed by atoms with E-state index >= 15 is 0 Å². The maximum Gasteiger partial charge on any atom is 0.371 e. The number of carboxylic acids is 3. The number of ketones is 1. The summed E-state index contributed by atoms with van der Waals surface area (Å²) in [6.45, 7) is 1.00. The van der Waals surface area contributed by atoms with E-state index in [0.29, 0.717) is 0 Å². The van der Waals surface area contributed by atoms with Gasteiger partial charge in [0.05, 0.1) is 6.08 Å². The lowest BCUT2D eigenvalue weighted by Crippen LogP contribution is -2.05. The molecule has 0 bridgehead atoms. The van der Waals surface area contributed by atoms with Crippen molar-refractivity contribution >= 4 is 23.7 Å². The number of rotatable bonds is 3. The number of aliphatic hydroxyl groups excluding tert-OH is 1. The average Bonchev–Trinajstić information content (AvgIpc) is 2.03. The molecule has 0 aliphatic rings. The summed E-state index contributed by atoms with van der Waals surface area (Å²) in [7, 11) is 0. The van der Waals surface area contributed by atoms with Crippen LogP contribution in [0.25, 0.3) is 0 Å². The maximum absolute atomic E-state index is 9.65. The van der Waals surface area contributed by atoms with E-state index in [4.69, 9.17) is 20.4 Å². The Morgan fingerprint density at radius 2 is 1.20 bits per heavy atom. The molecule has 0 aliphatic carbocycles. The summed E-state index contributed by atoms with van der Waals surface area (Å²) >= 11 is 0. The van der Waals surface area contributed by atoms with Crippen LogP contribution in [0.15, 0.2) is 11.8 Å². The van der Waals surface area contributed by atoms with Crippen LogP contribution in [0.4, 0.5) is 0 Å². The van der Waals surface area contributed by atoms with Gasteiger partial charge in [0.15, 0.2) is 0 Å². The highest BCUT2D eigenvalue weighted by atomic mass is 16.4. The molecule has 0 aromatic heterocycles. The van der Waals surface area contributed by atoms with E-state index in [-0.39, 0.29) is 6.08 Å². The lowest BCUT2D eigenvalue weighted by atomic mass is 10.4. The van der Waals surface area contributed by atoms with Crippen molar-refractivity contribution < 1.29 is 39.6 Å².